The predicted octanol–water partition coefficient (Wildman–Crippen LogP) is -2.52. The van der Waals surface area contributed by atoms with E-state index in [0.29, 0.717) is 17.9 Å². The minimum Gasteiger partial charge on any atom is -0.748 e. The molecule has 0 aliphatic heterocycles. The van der Waals surface area contributed by atoms with Crippen molar-refractivity contribution < 1.29 is 47.3 Å². The molecule has 9 heteroatoms. The van der Waals surface area contributed by atoms with Gasteiger partial charge >= 0.3 is 29.6 Å². The van der Waals surface area contributed by atoms with E-state index >= 15 is 0 Å². The third kappa shape index (κ3) is 15.1. The Hall–Kier alpha value is 1.08. The van der Waals surface area contributed by atoms with Crippen molar-refractivity contribution in [2.45, 2.75) is 6.42 Å². The molecule has 0 aromatic carbocycles. The van der Waals surface area contributed by atoms with Crippen molar-refractivity contribution >= 4 is 39.5 Å². The van der Waals surface area contributed by atoms with Gasteiger partial charge in [-0.05, 0) is 12.2 Å². The zero-order chi connectivity index (χ0) is 13.3. The van der Waals surface area contributed by atoms with Crippen LogP contribution >= 0.6 is 23.5 Å². The quantitative estimate of drug-likeness (QED) is 0.265. The van der Waals surface area contributed by atoms with Gasteiger partial charge in [0.15, 0.2) is 0 Å². The predicted molar refractivity (Wildman–Crippen MR) is 72.5 cm³/mol. The number of carbonyl (C=O) groups excluding carboxylic acids is 1. The summed E-state index contributed by atoms with van der Waals surface area (Å²) in [6.45, 7) is 0. The van der Waals surface area contributed by atoms with E-state index in [4.69, 9.17) is 0 Å². The third-order valence-corrected chi connectivity index (χ3v) is 4.84. The summed E-state index contributed by atoms with van der Waals surface area (Å²) >= 11 is 3.17. The number of nitrogens with zero attached hydrogens (tertiary/aromatic N) is 1. The minimum atomic E-state index is -4.06. The Balaban J connectivity index is 0. The zero-order valence-corrected chi connectivity index (χ0v) is 15.5. The fraction of sp³-hybridized carbons (Fsp3) is 0.889. The molecule has 0 saturated carbocycles. The van der Waals surface area contributed by atoms with E-state index in [1.807, 2.05) is 0 Å². The van der Waals surface area contributed by atoms with Crippen LogP contribution in [0.1, 0.15) is 6.42 Å². The summed E-state index contributed by atoms with van der Waals surface area (Å²) in [4.78, 5) is 12.7. The Labute approximate surface area is 140 Å². The molecule has 0 saturated heterocycles. The maximum absolute atomic E-state index is 11.2. The molecule has 0 fully saturated rings. The Morgan fingerprint density at radius 3 is 2.22 bits per heavy atom. The molecule has 0 unspecified atom stereocenters. The SMILES string of the molecule is CN(C)C(=O)CSCCSCCCS(=O)(=O)[O-].[Na+]. The first-order valence-electron chi connectivity index (χ1n) is 5.12. The van der Waals surface area contributed by atoms with Crippen LogP contribution in [-0.4, -0.2) is 66.6 Å². The van der Waals surface area contributed by atoms with Crippen molar-refractivity contribution in [3.63, 3.8) is 0 Å². The van der Waals surface area contributed by atoms with E-state index in [-0.39, 0.29) is 41.2 Å². The number of hydrogen-bond donors (Lipinski definition) is 0. The molecule has 102 valence electrons. The molecule has 0 N–H and O–H groups in total. The van der Waals surface area contributed by atoms with Gasteiger partial charge in [0.1, 0.15) is 0 Å². The number of hydrogen-bond acceptors (Lipinski definition) is 6. The molecular weight excluding hydrogens is 305 g/mol. The van der Waals surface area contributed by atoms with Crippen LogP contribution in [0.15, 0.2) is 0 Å². The molecule has 0 spiro atoms. The molecule has 0 atom stereocenters. The van der Waals surface area contributed by atoms with Crippen molar-refractivity contribution in [3.05, 3.63) is 0 Å². The summed E-state index contributed by atoms with van der Waals surface area (Å²) in [6, 6.07) is 0. The van der Waals surface area contributed by atoms with E-state index in [2.05, 4.69) is 0 Å². The summed E-state index contributed by atoms with van der Waals surface area (Å²) in [6.07, 6.45) is 0.401. The van der Waals surface area contributed by atoms with Crippen LogP contribution in [-0.2, 0) is 14.9 Å². The van der Waals surface area contributed by atoms with Crippen LogP contribution in [0.3, 0.4) is 0 Å². The fourth-order valence-electron chi connectivity index (χ4n) is 0.846. The summed E-state index contributed by atoms with van der Waals surface area (Å²) in [5.41, 5.74) is 0. The first kappa shape index (κ1) is 21.4. The molecule has 5 nitrogen and oxygen atoms in total. The molecule has 1 amide bonds. The standard InChI is InChI=1S/C9H19NO4S3.Na/c1-10(2)9(11)8-16-6-5-15-4-3-7-17(12,13)14;/h3-8H2,1-2H3,(H,12,13,14);/q;+1/p-1. The van der Waals surface area contributed by atoms with Crippen molar-refractivity contribution in [2.75, 3.05) is 42.9 Å². The average Bonchev–Trinajstić information content (AvgIpc) is 2.19. The second kappa shape index (κ2) is 11.9. The van der Waals surface area contributed by atoms with Gasteiger partial charge in [-0.1, -0.05) is 0 Å². The summed E-state index contributed by atoms with van der Waals surface area (Å²) < 4.78 is 30.9. The van der Waals surface area contributed by atoms with Crippen LogP contribution in [0.4, 0.5) is 0 Å². The number of rotatable bonds is 9. The van der Waals surface area contributed by atoms with Gasteiger partial charge < -0.3 is 9.45 Å². The maximum Gasteiger partial charge on any atom is 1.00 e. The number of thioether (sulfide) groups is 2. The molecule has 0 aromatic rings. The minimum absolute atomic E-state index is 0. The third-order valence-electron chi connectivity index (χ3n) is 1.78. The van der Waals surface area contributed by atoms with E-state index in [1.54, 1.807) is 42.5 Å². The van der Waals surface area contributed by atoms with E-state index in [1.165, 1.54) is 0 Å². The molecule has 0 bridgehead atoms. The average molecular weight is 323 g/mol. The topological polar surface area (TPSA) is 77.5 Å². The van der Waals surface area contributed by atoms with Gasteiger partial charge in [0.25, 0.3) is 0 Å². The first-order valence-corrected chi connectivity index (χ1v) is 9.01. The molecule has 0 aromatic heterocycles. The van der Waals surface area contributed by atoms with Crippen molar-refractivity contribution in [1.29, 1.82) is 0 Å². The molecule has 0 heterocycles. The van der Waals surface area contributed by atoms with Gasteiger partial charge in [-0.15, -0.1) is 0 Å². The fourth-order valence-corrected chi connectivity index (χ4v) is 3.60. The summed E-state index contributed by atoms with van der Waals surface area (Å²) in [5, 5.41) is 0. The molecule has 0 aliphatic rings. The molecule has 0 aliphatic carbocycles. The Morgan fingerprint density at radius 1 is 1.17 bits per heavy atom. The van der Waals surface area contributed by atoms with Crippen molar-refractivity contribution in [1.82, 2.24) is 4.90 Å². The van der Waals surface area contributed by atoms with Crippen LogP contribution in [0.2, 0.25) is 0 Å². The largest absolute Gasteiger partial charge is 1.00 e. The van der Waals surface area contributed by atoms with E-state index < -0.39 is 10.1 Å². The van der Waals surface area contributed by atoms with Crippen LogP contribution in [0.25, 0.3) is 0 Å². The van der Waals surface area contributed by atoms with Crippen molar-refractivity contribution in [2.24, 2.45) is 0 Å². The Kier molecular flexibility index (Phi) is 14.1. The van der Waals surface area contributed by atoms with Gasteiger partial charge in [-0.3, -0.25) is 4.79 Å². The monoisotopic (exact) mass is 323 g/mol. The Morgan fingerprint density at radius 2 is 1.72 bits per heavy atom. The second-order valence-corrected chi connectivity index (χ2v) is 7.42. The van der Waals surface area contributed by atoms with Gasteiger partial charge in [-0.25, -0.2) is 8.42 Å². The number of carbonyl (C=O) groups is 1. The summed E-state index contributed by atoms with van der Waals surface area (Å²) in [5.74, 6) is 2.68. The van der Waals surface area contributed by atoms with Crippen LogP contribution < -0.4 is 29.6 Å². The molecular formula is C9H18NNaO4S3. The normalized spacial score (nSPS) is 10.8. The van der Waals surface area contributed by atoms with Crippen LogP contribution in [0.5, 0.6) is 0 Å². The zero-order valence-electron chi connectivity index (χ0n) is 11.0. The Bertz CT molecular complexity index is 322. The van der Waals surface area contributed by atoms with Crippen LogP contribution in [0, 0.1) is 0 Å². The first-order chi connectivity index (χ1) is 7.83. The molecule has 0 rings (SSSR count). The van der Waals surface area contributed by atoms with Gasteiger partial charge in [-0.2, -0.15) is 23.5 Å². The van der Waals surface area contributed by atoms with Crippen molar-refractivity contribution in [3.8, 4) is 0 Å². The van der Waals surface area contributed by atoms with Gasteiger partial charge in [0.05, 0.1) is 15.9 Å². The smallest absolute Gasteiger partial charge is 0.748 e. The van der Waals surface area contributed by atoms with Gasteiger partial charge in [0.2, 0.25) is 5.91 Å². The van der Waals surface area contributed by atoms with E-state index in [0.717, 1.165) is 11.5 Å². The van der Waals surface area contributed by atoms with E-state index in [9.17, 15) is 17.8 Å². The number of amides is 1. The maximum atomic E-state index is 11.2. The summed E-state index contributed by atoms with van der Waals surface area (Å²) in [7, 11) is -0.615. The molecule has 0 radical (unpaired) electrons. The molecule has 18 heavy (non-hydrogen) atoms. The van der Waals surface area contributed by atoms with Gasteiger partial charge in [0, 0.05) is 31.4 Å². The second-order valence-electron chi connectivity index (χ2n) is 3.57.